The number of hydrogen-bond donors (Lipinski definition) is 1. The van der Waals surface area contributed by atoms with E-state index in [1.165, 1.54) is 23.5 Å². The number of hydrogen-bond acceptors (Lipinski definition) is 3. The van der Waals surface area contributed by atoms with Crippen molar-refractivity contribution in [2.24, 2.45) is 0 Å². The Bertz CT molecular complexity index is 813. The molecule has 0 atom stereocenters. The molecule has 0 fully saturated rings. The van der Waals surface area contributed by atoms with Gasteiger partial charge < -0.3 is 5.11 Å². The minimum atomic E-state index is -0.973. The number of aromatic carboxylic acids is 1. The molecule has 0 aliphatic heterocycles. The van der Waals surface area contributed by atoms with Crippen molar-refractivity contribution in [2.75, 3.05) is 0 Å². The van der Waals surface area contributed by atoms with E-state index in [1.807, 2.05) is 30.3 Å². The molecular formula is C18H14FNO2S. The molecule has 3 rings (SSSR count). The highest BCUT2D eigenvalue weighted by atomic mass is 32.1. The molecule has 0 unspecified atom stereocenters. The summed E-state index contributed by atoms with van der Waals surface area (Å²) < 4.78 is 13.0. The molecule has 23 heavy (non-hydrogen) atoms. The van der Waals surface area contributed by atoms with Gasteiger partial charge >= 0.3 is 5.97 Å². The molecule has 1 heterocycles. The number of thiazole rings is 1. The second kappa shape index (κ2) is 6.71. The van der Waals surface area contributed by atoms with Gasteiger partial charge in [0.05, 0.1) is 10.7 Å². The van der Waals surface area contributed by atoms with Crippen molar-refractivity contribution in [1.82, 2.24) is 4.98 Å². The lowest BCUT2D eigenvalue weighted by Crippen LogP contribution is -2.00. The second-order valence-electron chi connectivity index (χ2n) is 5.15. The van der Waals surface area contributed by atoms with Crippen LogP contribution in [0.1, 0.15) is 31.5 Å². The first-order valence-corrected chi connectivity index (χ1v) is 7.93. The highest BCUT2D eigenvalue weighted by Crippen LogP contribution is 2.23. The molecule has 1 N–H and O–H groups in total. The normalized spacial score (nSPS) is 10.7. The first-order chi connectivity index (χ1) is 11.1. The van der Waals surface area contributed by atoms with Gasteiger partial charge in [-0.1, -0.05) is 42.5 Å². The molecule has 0 aliphatic rings. The molecular weight excluding hydrogens is 313 g/mol. The maximum Gasteiger partial charge on any atom is 0.347 e. The Morgan fingerprint density at radius 1 is 1.00 bits per heavy atom. The third-order valence-corrected chi connectivity index (χ3v) is 4.50. The van der Waals surface area contributed by atoms with Gasteiger partial charge in [0.15, 0.2) is 0 Å². The number of rotatable bonds is 5. The lowest BCUT2D eigenvalue weighted by molar-refractivity contribution is 0.0701. The third kappa shape index (κ3) is 3.81. The van der Waals surface area contributed by atoms with E-state index >= 15 is 0 Å². The zero-order valence-electron chi connectivity index (χ0n) is 12.2. The van der Waals surface area contributed by atoms with Crippen LogP contribution < -0.4 is 0 Å². The summed E-state index contributed by atoms with van der Waals surface area (Å²) in [6.07, 6.45) is 0.988. The SMILES string of the molecule is O=C(O)c1sc(Cc2ccccc2)nc1Cc1ccc(F)cc1. The van der Waals surface area contributed by atoms with E-state index in [0.717, 1.165) is 16.1 Å². The lowest BCUT2D eigenvalue weighted by atomic mass is 10.1. The van der Waals surface area contributed by atoms with E-state index in [0.29, 0.717) is 18.5 Å². The van der Waals surface area contributed by atoms with Gasteiger partial charge in [-0.3, -0.25) is 0 Å². The number of nitrogens with zero attached hydrogens (tertiary/aromatic N) is 1. The smallest absolute Gasteiger partial charge is 0.347 e. The summed E-state index contributed by atoms with van der Waals surface area (Å²) in [5, 5.41) is 10.1. The Morgan fingerprint density at radius 3 is 2.30 bits per heavy atom. The summed E-state index contributed by atoms with van der Waals surface area (Å²) in [7, 11) is 0. The summed E-state index contributed by atoms with van der Waals surface area (Å²) >= 11 is 1.20. The van der Waals surface area contributed by atoms with Crippen molar-refractivity contribution in [3.05, 3.63) is 87.1 Å². The number of carbonyl (C=O) groups is 1. The Kier molecular flexibility index (Phi) is 4.48. The number of benzene rings is 2. The van der Waals surface area contributed by atoms with Gasteiger partial charge in [0, 0.05) is 12.8 Å². The highest BCUT2D eigenvalue weighted by Gasteiger charge is 2.17. The van der Waals surface area contributed by atoms with Crippen molar-refractivity contribution in [1.29, 1.82) is 0 Å². The molecule has 0 saturated carbocycles. The molecule has 5 heteroatoms. The fourth-order valence-corrected chi connectivity index (χ4v) is 3.28. The van der Waals surface area contributed by atoms with Crippen LogP contribution in [0.3, 0.4) is 0 Å². The maximum absolute atomic E-state index is 13.0. The van der Waals surface area contributed by atoms with Crippen LogP contribution >= 0.6 is 11.3 Å². The van der Waals surface area contributed by atoms with E-state index in [-0.39, 0.29) is 10.7 Å². The molecule has 0 radical (unpaired) electrons. The Balaban J connectivity index is 1.86. The van der Waals surface area contributed by atoms with Crippen LogP contribution in [0.5, 0.6) is 0 Å². The van der Waals surface area contributed by atoms with E-state index in [9.17, 15) is 14.3 Å². The van der Waals surface area contributed by atoms with Crippen LogP contribution in [0.4, 0.5) is 4.39 Å². The van der Waals surface area contributed by atoms with E-state index in [2.05, 4.69) is 4.98 Å². The van der Waals surface area contributed by atoms with Crippen LogP contribution in [0.25, 0.3) is 0 Å². The molecule has 2 aromatic carbocycles. The average molecular weight is 327 g/mol. The van der Waals surface area contributed by atoms with Gasteiger partial charge in [-0.2, -0.15) is 0 Å². The van der Waals surface area contributed by atoms with Crippen LogP contribution in [0.15, 0.2) is 54.6 Å². The Labute approximate surface area is 137 Å². The first-order valence-electron chi connectivity index (χ1n) is 7.12. The van der Waals surface area contributed by atoms with Gasteiger partial charge in [0.2, 0.25) is 0 Å². The van der Waals surface area contributed by atoms with Crippen molar-refractivity contribution >= 4 is 17.3 Å². The topological polar surface area (TPSA) is 50.2 Å². The van der Waals surface area contributed by atoms with E-state index < -0.39 is 5.97 Å². The minimum Gasteiger partial charge on any atom is -0.477 e. The monoisotopic (exact) mass is 327 g/mol. The lowest BCUT2D eigenvalue weighted by Gasteiger charge is -2.00. The summed E-state index contributed by atoms with van der Waals surface area (Å²) in [6.45, 7) is 0. The Hall–Kier alpha value is -2.53. The van der Waals surface area contributed by atoms with Gasteiger partial charge in [0.25, 0.3) is 0 Å². The quantitative estimate of drug-likeness (QED) is 0.765. The van der Waals surface area contributed by atoms with E-state index in [1.54, 1.807) is 12.1 Å². The summed E-state index contributed by atoms with van der Waals surface area (Å²) in [5.74, 6) is -1.28. The standard InChI is InChI=1S/C18H14FNO2S/c19-14-8-6-13(7-9-14)10-15-17(18(21)22)23-16(20-15)11-12-4-2-1-3-5-12/h1-9H,10-11H2,(H,21,22). The molecule has 1 aromatic heterocycles. The van der Waals surface area contributed by atoms with Crippen LogP contribution in [0, 0.1) is 5.82 Å². The largest absolute Gasteiger partial charge is 0.477 e. The van der Waals surface area contributed by atoms with Gasteiger partial charge in [-0.05, 0) is 23.3 Å². The highest BCUT2D eigenvalue weighted by molar-refractivity contribution is 7.13. The van der Waals surface area contributed by atoms with Crippen LogP contribution in [0.2, 0.25) is 0 Å². The second-order valence-corrected chi connectivity index (χ2v) is 6.24. The van der Waals surface area contributed by atoms with Crippen LogP contribution in [-0.4, -0.2) is 16.1 Å². The number of aromatic nitrogens is 1. The molecule has 116 valence electrons. The predicted octanol–water partition coefficient (Wildman–Crippen LogP) is 4.16. The van der Waals surface area contributed by atoms with Crippen molar-refractivity contribution < 1.29 is 14.3 Å². The van der Waals surface area contributed by atoms with Crippen molar-refractivity contribution in [3.63, 3.8) is 0 Å². The third-order valence-electron chi connectivity index (χ3n) is 3.42. The predicted molar refractivity (Wildman–Crippen MR) is 87.5 cm³/mol. The molecule has 0 spiro atoms. The van der Waals surface area contributed by atoms with Crippen molar-refractivity contribution in [2.45, 2.75) is 12.8 Å². The molecule has 0 aliphatic carbocycles. The molecule has 3 aromatic rings. The molecule has 0 amide bonds. The van der Waals surface area contributed by atoms with Gasteiger partial charge in [-0.15, -0.1) is 11.3 Å². The molecule has 3 nitrogen and oxygen atoms in total. The maximum atomic E-state index is 13.0. The molecule has 0 bridgehead atoms. The van der Waals surface area contributed by atoms with Gasteiger partial charge in [0.1, 0.15) is 10.7 Å². The number of halogens is 1. The minimum absolute atomic E-state index is 0.250. The summed E-state index contributed by atoms with van der Waals surface area (Å²) in [5.41, 5.74) is 2.46. The summed E-state index contributed by atoms with van der Waals surface area (Å²) in [6, 6.07) is 15.8. The molecule has 0 saturated heterocycles. The fraction of sp³-hybridized carbons (Fsp3) is 0.111. The number of carboxylic acids is 1. The first kappa shape index (κ1) is 15.4. The number of carboxylic acid groups (broad SMARTS) is 1. The average Bonchev–Trinajstić information content (AvgIpc) is 2.93. The zero-order chi connectivity index (χ0) is 16.2. The van der Waals surface area contributed by atoms with Crippen molar-refractivity contribution in [3.8, 4) is 0 Å². The van der Waals surface area contributed by atoms with Gasteiger partial charge in [-0.25, -0.2) is 14.2 Å². The van der Waals surface area contributed by atoms with E-state index in [4.69, 9.17) is 0 Å². The Morgan fingerprint density at radius 2 is 1.65 bits per heavy atom. The van der Waals surface area contributed by atoms with Crippen LogP contribution in [-0.2, 0) is 12.8 Å². The fourth-order valence-electron chi connectivity index (χ4n) is 2.33. The summed E-state index contributed by atoms with van der Waals surface area (Å²) in [4.78, 5) is 16.2. The zero-order valence-corrected chi connectivity index (χ0v) is 13.0.